The van der Waals surface area contributed by atoms with Crippen molar-refractivity contribution in [3.63, 3.8) is 0 Å². The Balaban J connectivity index is 1.25. The van der Waals surface area contributed by atoms with Crippen LogP contribution in [0.1, 0.15) is 57.1 Å². The molecule has 0 atom stereocenters. The van der Waals surface area contributed by atoms with Crippen LogP contribution < -0.4 is 4.74 Å². The highest BCUT2D eigenvalue weighted by atomic mass is 16.5. The minimum absolute atomic E-state index is 0.00881. The van der Waals surface area contributed by atoms with Crippen LogP contribution in [0.25, 0.3) is 0 Å². The molecule has 5 rings (SSSR count). The number of nitrogens with zero attached hydrogens (tertiary/aromatic N) is 4. The number of likely N-dealkylation sites (tertiary alicyclic amines) is 2. The van der Waals surface area contributed by atoms with Crippen LogP contribution in [0.3, 0.4) is 0 Å². The molecule has 7 nitrogen and oxygen atoms in total. The maximum absolute atomic E-state index is 13.3. The van der Waals surface area contributed by atoms with E-state index in [1.165, 1.54) is 24.0 Å². The number of piperidine rings is 1. The molecule has 2 saturated heterocycles. The molecule has 1 spiro atoms. The first-order valence-corrected chi connectivity index (χ1v) is 14.8. The van der Waals surface area contributed by atoms with Crippen LogP contribution in [0.2, 0.25) is 0 Å². The summed E-state index contributed by atoms with van der Waals surface area (Å²) < 4.78 is 6.30. The molecule has 39 heavy (non-hydrogen) atoms. The van der Waals surface area contributed by atoms with E-state index in [2.05, 4.69) is 45.1 Å². The van der Waals surface area contributed by atoms with Gasteiger partial charge in [-0.15, -0.1) is 0 Å². The summed E-state index contributed by atoms with van der Waals surface area (Å²) in [4.78, 5) is 36.3. The van der Waals surface area contributed by atoms with Crippen molar-refractivity contribution in [2.45, 2.75) is 58.9 Å². The van der Waals surface area contributed by atoms with E-state index in [0.29, 0.717) is 19.7 Å². The Bertz CT molecular complexity index is 1110. The third kappa shape index (κ3) is 6.81. The molecule has 0 N–H and O–H groups in total. The highest BCUT2D eigenvalue weighted by Gasteiger charge is 2.42. The Labute approximate surface area is 233 Å². The summed E-state index contributed by atoms with van der Waals surface area (Å²) in [6.45, 7) is 10.0. The molecule has 3 aliphatic rings. The Morgan fingerprint density at radius 2 is 1.79 bits per heavy atom. The minimum atomic E-state index is -0.0302. The molecule has 2 amide bonds. The second-order valence-electron chi connectivity index (χ2n) is 12.2. The number of hydrogen-bond acceptors (Lipinski definition) is 5. The third-order valence-corrected chi connectivity index (χ3v) is 8.90. The standard InChI is InChI=1S/C32H44N4O3/c1-25(2)30(37)36-22-28(23-36)31(38)35-16-13-32(14-17-35)12-6-5-10-27-9-3-4-11-29(27)39-19-18-34(24-32)21-26-8-7-15-33-20-26/h3-4,7-9,11,15,20,25,28H,5-6,10,12-14,16-19,21-24H2,1-2H3. The van der Waals surface area contributed by atoms with Crippen molar-refractivity contribution in [2.75, 3.05) is 45.9 Å². The van der Waals surface area contributed by atoms with Crippen molar-refractivity contribution in [3.8, 4) is 5.75 Å². The smallest absolute Gasteiger partial charge is 0.229 e. The third-order valence-electron chi connectivity index (χ3n) is 8.90. The maximum Gasteiger partial charge on any atom is 0.229 e. The zero-order valence-electron chi connectivity index (χ0n) is 23.7. The molecule has 0 unspecified atom stereocenters. The van der Waals surface area contributed by atoms with Crippen LogP contribution in [0, 0.1) is 17.3 Å². The van der Waals surface area contributed by atoms with Crippen molar-refractivity contribution >= 4 is 11.8 Å². The van der Waals surface area contributed by atoms with Gasteiger partial charge in [0, 0.05) is 64.1 Å². The predicted octanol–water partition coefficient (Wildman–Crippen LogP) is 4.41. The Morgan fingerprint density at radius 1 is 1.00 bits per heavy atom. The summed E-state index contributed by atoms with van der Waals surface area (Å²) in [7, 11) is 0. The minimum Gasteiger partial charge on any atom is -0.492 e. The van der Waals surface area contributed by atoms with Crippen LogP contribution in [0.5, 0.6) is 5.75 Å². The number of para-hydroxylation sites is 1. The van der Waals surface area contributed by atoms with Gasteiger partial charge in [0.1, 0.15) is 12.4 Å². The summed E-state index contributed by atoms with van der Waals surface area (Å²) in [5.41, 5.74) is 2.71. The summed E-state index contributed by atoms with van der Waals surface area (Å²) in [6.07, 6.45) is 10.4. The van der Waals surface area contributed by atoms with E-state index in [4.69, 9.17) is 4.74 Å². The van der Waals surface area contributed by atoms with E-state index in [1.807, 2.05) is 37.2 Å². The van der Waals surface area contributed by atoms with Gasteiger partial charge in [-0.05, 0) is 60.8 Å². The summed E-state index contributed by atoms with van der Waals surface area (Å²) >= 11 is 0. The Hall–Kier alpha value is -2.93. The first-order chi connectivity index (χ1) is 18.9. The Kier molecular flexibility index (Phi) is 8.85. The van der Waals surface area contributed by atoms with Crippen molar-refractivity contribution < 1.29 is 14.3 Å². The van der Waals surface area contributed by atoms with Gasteiger partial charge in [0.25, 0.3) is 0 Å². The normalized spacial score (nSPS) is 20.9. The largest absolute Gasteiger partial charge is 0.492 e. The van der Waals surface area contributed by atoms with E-state index in [9.17, 15) is 9.59 Å². The predicted molar refractivity (Wildman–Crippen MR) is 152 cm³/mol. The molecule has 2 fully saturated rings. The molecule has 0 saturated carbocycles. The number of amides is 2. The van der Waals surface area contributed by atoms with Crippen molar-refractivity contribution in [2.24, 2.45) is 17.3 Å². The molecule has 0 aliphatic carbocycles. The van der Waals surface area contributed by atoms with E-state index >= 15 is 0 Å². The van der Waals surface area contributed by atoms with Gasteiger partial charge >= 0.3 is 0 Å². The number of fused-ring (bicyclic) bond motifs is 1. The molecular formula is C32H44N4O3. The summed E-state index contributed by atoms with van der Waals surface area (Å²) in [5.74, 6) is 1.38. The molecule has 4 heterocycles. The van der Waals surface area contributed by atoms with E-state index in [1.54, 1.807) is 0 Å². The second-order valence-corrected chi connectivity index (χ2v) is 12.2. The zero-order chi connectivity index (χ0) is 27.2. The van der Waals surface area contributed by atoms with Crippen molar-refractivity contribution in [1.29, 1.82) is 0 Å². The average molecular weight is 533 g/mol. The highest BCUT2D eigenvalue weighted by Crippen LogP contribution is 2.39. The number of aromatic nitrogens is 1. The van der Waals surface area contributed by atoms with Gasteiger partial charge in [-0.25, -0.2) is 0 Å². The second kappa shape index (κ2) is 12.5. The lowest BCUT2D eigenvalue weighted by Gasteiger charge is -2.47. The lowest BCUT2D eigenvalue weighted by atomic mass is 9.73. The van der Waals surface area contributed by atoms with Crippen LogP contribution in [0.15, 0.2) is 48.8 Å². The number of pyridine rings is 1. The van der Waals surface area contributed by atoms with Crippen LogP contribution in [-0.2, 0) is 22.6 Å². The molecule has 2 aromatic rings. The fourth-order valence-corrected chi connectivity index (χ4v) is 6.52. The molecular weight excluding hydrogens is 488 g/mol. The van der Waals surface area contributed by atoms with Gasteiger partial charge < -0.3 is 14.5 Å². The lowest BCUT2D eigenvalue weighted by molar-refractivity contribution is -0.151. The van der Waals surface area contributed by atoms with Gasteiger partial charge in [0.15, 0.2) is 0 Å². The maximum atomic E-state index is 13.3. The van der Waals surface area contributed by atoms with Crippen molar-refractivity contribution in [1.82, 2.24) is 19.7 Å². The molecule has 1 aromatic heterocycles. The van der Waals surface area contributed by atoms with Crippen molar-refractivity contribution in [3.05, 3.63) is 59.9 Å². The average Bonchev–Trinajstić information content (AvgIpc) is 2.91. The van der Waals surface area contributed by atoms with Gasteiger partial charge in [-0.2, -0.15) is 0 Å². The number of ether oxygens (including phenoxy) is 1. The highest BCUT2D eigenvalue weighted by molar-refractivity contribution is 5.85. The summed E-state index contributed by atoms with van der Waals surface area (Å²) in [6, 6.07) is 12.6. The molecule has 7 heteroatoms. The molecule has 0 bridgehead atoms. The molecule has 0 radical (unpaired) electrons. The number of aryl methyl sites for hydroxylation is 1. The number of benzene rings is 1. The van der Waals surface area contributed by atoms with Gasteiger partial charge in [0.2, 0.25) is 11.8 Å². The molecule has 3 aliphatic heterocycles. The van der Waals surface area contributed by atoms with Gasteiger partial charge in [0.05, 0.1) is 5.92 Å². The van der Waals surface area contributed by atoms with Gasteiger partial charge in [-0.1, -0.05) is 44.5 Å². The quantitative estimate of drug-likeness (QED) is 0.584. The van der Waals surface area contributed by atoms with E-state index in [-0.39, 0.29) is 29.1 Å². The monoisotopic (exact) mass is 532 g/mol. The number of carbonyl (C=O) groups is 2. The number of carbonyl (C=O) groups excluding carboxylic acids is 2. The topological polar surface area (TPSA) is 66.0 Å². The SMILES string of the molecule is CC(C)C(=O)N1CC(C(=O)N2CCC3(CCCCc4ccccc4OCCN(Cc4cccnc4)C3)CC2)C1. The fraction of sp³-hybridized carbons (Fsp3) is 0.594. The lowest BCUT2D eigenvalue weighted by Crippen LogP contribution is -2.59. The fourth-order valence-electron chi connectivity index (χ4n) is 6.52. The van der Waals surface area contributed by atoms with Crippen LogP contribution in [0.4, 0.5) is 0 Å². The first-order valence-electron chi connectivity index (χ1n) is 14.8. The van der Waals surface area contributed by atoms with E-state index < -0.39 is 0 Å². The van der Waals surface area contributed by atoms with Crippen LogP contribution >= 0.6 is 0 Å². The number of rotatable bonds is 4. The van der Waals surface area contributed by atoms with Gasteiger partial charge in [-0.3, -0.25) is 19.5 Å². The number of hydrogen-bond donors (Lipinski definition) is 0. The van der Waals surface area contributed by atoms with Crippen LogP contribution in [-0.4, -0.2) is 77.4 Å². The molecule has 1 aromatic carbocycles. The van der Waals surface area contributed by atoms with E-state index in [0.717, 1.165) is 64.2 Å². The summed E-state index contributed by atoms with van der Waals surface area (Å²) in [5, 5.41) is 0. The zero-order valence-corrected chi connectivity index (χ0v) is 23.7. The first kappa shape index (κ1) is 27.6. The Morgan fingerprint density at radius 3 is 2.54 bits per heavy atom. The molecule has 210 valence electrons.